The lowest BCUT2D eigenvalue weighted by molar-refractivity contribution is 0.112. The molecule has 2 aromatic carbocycles. The number of benzene rings is 2. The van der Waals surface area contributed by atoms with Crippen LogP contribution < -0.4 is 4.90 Å². The lowest BCUT2D eigenvalue weighted by Crippen LogP contribution is -2.29. The van der Waals surface area contributed by atoms with E-state index in [0.29, 0.717) is 5.56 Å². The summed E-state index contributed by atoms with van der Waals surface area (Å²) in [5, 5.41) is 1.02. The number of hydrogen-bond acceptors (Lipinski definition) is 3. The standard InChI is InChI=1S/C20H19NO2/c22-14-15-4-5-17-13-20(23-19(17)12-15)16-6-8-18(9-7-16)21-10-2-1-3-11-21/h4-9,12-14H,1-3,10-11H2. The number of furan rings is 1. The molecule has 0 spiro atoms. The second-order valence-electron chi connectivity index (χ2n) is 6.12. The van der Waals surface area contributed by atoms with Crippen LogP contribution in [0, 0.1) is 0 Å². The summed E-state index contributed by atoms with van der Waals surface area (Å²) in [5.74, 6) is 0.841. The third kappa shape index (κ3) is 2.74. The minimum Gasteiger partial charge on any atom is -0.456 e. The highest BCUT2D eigenvalue weighted by atomic mass is 16.3. The van der Waals surface area contributed by atoms with Gasteiger partial charge < -0.3 is 9.32 Å². The molecule has 1 saturated heterocycles. The fourth-order valence-electron chi connectivity index (χ4n) is 3.25. The first kappa shape index (κ1) is 14.1. The molecule has 2 heterocycles. The number of piperidine rings is 1. The molecule has 0 radical (unpaired) electrons. The first-order valence-electron chi connectivity index (χ1n) is 8.18. The number of carbonyl (C=O) groups is 1. The van der Waals surface area contributed by atoms with Crippen LogP contribution in [0.3, 0.4) is 0 Å². The van der Waals surface area contributed by atoms with Gasteiger partial charge in [0.2, 0.25) is 0 Å². The molecule has 0 bridgehead atoms. The Morgan fingerprint density at radius 3 is 2.43 bits per heavy atom. The maximum atomic E-state index is 10.9. The summed E-state index contributed by atoms with van der Waals surface area (Å²) in [6, 6.07) is 16.1. The van der Waals surface area contributed by atoms with Gasteiger partial charge in [-0.1, -0.05) is 12.1 Å². The molecule has 23 heavy (non-hydrogen) atoms. The monoisotopic (exact) mass is 305 g/mol. The van der Waals surface area contributed by atoms with E-state index in [1.165, 1.54) is 24.9 Å². The van der Waals surface area contributed by atoms with Crippen LogP contribution in [-0.4, -0.2) is 19.4 Å². The van der Waals surface area contributed by atoms with Crippen molar-refractivity contribution in [1.82, 2.24) is 0 Å². The summed E-state index contributed by atoms with van der Waals surface area (Å²) in [6.45, 7) is 2.30. The molecular formula is C20H19NO2. The zero-order valence-corrected chi connectivity index (χ0v) is 13.0. The van der Waals surface area contributed by atoms with Crippen molar-refractivity contribution in [3.63, 3.8) is 0 Å². The van der Waals surface area contributed by atoms with E-state index in [-0.39, 0.29) is 0 Å². The normalized spacial score (nSPS) is 15.0. The number of hydrogen-bond donors (Lipinski definition) is 0. The van der Waals surface area contributed by atoms with Crippen molar-refractivity contribution in [2.75, 3.05) is 18.0 Å². The van der Waals surface area contributed by atoms with Crippen LogP contribution >= 0.6 is 0 Å². The highest BCUT2D eigenvalue weighted by molar-refractivity contribution is 5.88. The fraction of sp³-hybridized carbons (Fsp3) is 0.250. The molecule has 1 fully saturated rings. The van der Waals surface area contributed by atoms with Gasteiger partial charge >= 0.3 is 0 Å². The third-order valence-electron chi connectivity index (χ3n) is 4.55. The zero-order valence-electron chi connectivity index (χ0n) is 13.0. The molecule has 0 unspecified atom stereocenters. The molecule has 3 heteroatoms. The number of carbonyl (C=O) groups excluding carboxylic acids is 1. The van der Waals surface area contributed by atoms with Gasteiger partial charge in [-0.15, -0.1) is 0 Å². The summed E-state index contributed by atoms with van der Waals surface area (Å²) in [6.07, 6.45) is 4.75. The lowest BCUT2D eigenvalue weighted by Gasteiger charge is -2.28. The fourth-order valence-corrected chi connectivity index (χ4v) is 3.25. The molecule has 1 aromatic heterocycles. The Bertz CT molecular complexity index is 826. The SMILES string of the molecule is O=Cc1ccc2cc(-c3ccc(N4CCCCC4)cc3)oc2c1. The maximum Gasteiger partial charge on any atom is 0.150 e. The lowest BCUT2D eigenvalue weighted by atomic mass is 10.1. The molecule has 3 nitrogen and oxygen atoms in total. The number of nitrogens with zero attached hydrogens (tertiary/aromatic N) is 1. The van der Waals surface area contributed by atoms with Crippen LogP contribution in [0.1, 0.15) is 29.6 Å². The Morgan fingerprint density at radius 1 is 0.913 bits per heavy atom. The van der Waals surface area contributed by atoms with Gasteiger partial charge in [-0.2, -0.15) is 0 Å². The summed E-state index contributed by atoms with van der Waals surface area (Å²) in [7, 11) is 0. The van der Waals surface area contributed by atoms with Crippen molar-refractivity contribution in [2.45, 2.75) is 19.3 Å². The van der Waals surface area contributed by atoms with Crippen LogP contribution in [0.2, 0.25) is 0 Å². The third-order valence-corrected chi connectivity index (χ3v) is 4.55. The van der Waals surface area contributed by atoms with Crippen molar-refractivity contribution in [3.8, 4) is 11.3 Å². The van der Waals surface area contributed by atoms with Crippen LogP contribution in [0.15, 0.2) is 52.9 Å². The van der Waals surface area contributed by atoms with E-state index in [1.54, 1.807) is 6.07 Å². The maximum absolute atomic E-state index is 10.9. The molecule has 1 aliphatic rings. The minimum absolute atomic E-state index is 0.638. The van der Waals surface area contributed by atoms with Crippen molar-refractivity contribution < 1.29 is 9.21 Å². The van der Waals surface area contributed by atoms with Crippen LogP contribution in [0.5, 0.6) is 0 Å². The van der Waals surface area contributed by atoms with Gasteiger partial charge in [0.15, 0.2) is 0 Å². The zero-order chi connectivity index (χ0) is 15.6. The second-order valence-corrected chi connectivity index (χ2v) is 6.12. The van der Waals surface area contributed by atoms with Crippen molar-refractivity contribution in [1.29, 1.82) is 0 Å². The first-order valence-corrected chi connectivity index (χ1v) is 8.18. The molecule has 0 saturated carbocycles. The van der Waals surface area contributed by atoms with Gasteiger partial charge in [-0.3, -0.25) is 4.79 Å². The first-order chi connectivity index (χ1) is 11.3. The van der Waals surface area contributed by atoms with Crippen molar-refractivity contribution in [2.24, 2.45) is 0 Å². The average molecular weight is 305 g/mol. The van der Waals surface area contributed by atoms with Gasteiger partial charge in [0.05, 0.1) is 0 Å². The summed E-state index contributed by atoms with van der Waals surface area (Å²) < 4.78 is 5.91. The molecule has 116 valence electrons. The molecule has 1 aliphatic heterocycles. The van der Waals surface area contributed by atoms with Gasteiger partial charge in [-0.25, -0.2) is 0 Å². The molecule has 3 aromatic rings. The average Bonchev–Trinajstić information content (AvgIpc) is 3.05. The predicted octanol–water partition coefficient (Wildman–Crippen LogP) is 4.90. The largest absolute Gasteiger partial charge is 0.456 e. The Labute approximate surface area is 135 Å². The van der Waals surface area contributed by atoms with E-state index >= 15 is 0 Å². The Morgan fingerprint density at radius 2 is 1.70 bits per heavy atom. The van der Waals surface area contributed by atoms with E-state index in [4.69, 9.17) is 4.42 Å². The summed E-state index contributed by atoms with van der Waals surface area (Å²) in [5.41, 5.74) is 3.74. The van der Waals surface area contributed by atoms with E-state index in [1.807, 2.05) is 18.2 Å². The highest BCUT2D eigenvalue weighted by Crippen LogP contribution is 2.30. The highest BCUT2D eigenvalue weighted by Gasteiger charge is 2.12. The molecule has 0 amide bonds. The van der Waals surface area contributed by atoms with Crippen LogP contribution in [0.25, 0.3) is 22.3 Å². The van der Waals surface area contributed by atoms with E-state index in [9.17, 15) is 4.79 Å². The molecular weight excluding hydrogens is 286 g/mol. The van der Waals surface area contributed by atoms with Crippen molar-refractivity contribution >= 4 is 22.9 Å². The number of rotatable bonds is 3. The smallest absolute Gasteiger partial charge is 0.150 e. The predicted molar refractivity (Wildman–Crippen MR) is 93.1 cm³/mol. The van der Waals surface area contributed by atoms with E-state index in [0.717, 1.165) is 41.7 Å². The number of fused-ring (bicyclic) bond motifs is 1. The summed E-state index contributed by atoms with van der Waals surface area (Å²) in [4.78, 5) is 13.3. The molecule has 0 N–H and O–H groups in total. The molecule has 0 aliphatic carbocycles. The van der Waals surface area contributed by atoms with E-state index in [2.05, 4.69) is 29.2 Å². The topological polar surface area (TPSA) is 33.5 Å². The number of anilines is 1. The Balaban J connectivity index is 1.63. The van der Waals surface area contributed by atoms with Gasteiger partial charge in [0, 0.05) is 35.3 Å². The van der Waals surface area contributed by atoms with Crippen molar-refractivity contribution in [3.05, 3.63) is 54.1 Å². The Hall–Kier alpha value is -2.55. The van der Waals surface area contributed by atoms with Crippen LogP contribution in [-0.2, 0) is 0 Å². The second kappa shape index (κ2) is 5.92. The van der Waals surface area contributed by atoms with E-state index < -0.39 is 0 Å². The summed E-state index contributed by atoms with van der Waals surface area (Å²) >= 11 is 0. The van der Waals surface area contributed by atoms with Gasteiger partial charge in [0.25, 0.3) is 0 Å². The van der Waals surface area contributed by atoms with Crippen LogP contribution in [0.4, 0.5) is 5.69 Å². The Kier molecular flexibility index (Phi) is 3.62. The van der Waals surface area contributed by atoms with Gasteiger partial charge in [-0.05, 0) is 55.7 Å². The minimum atomic E-state index is 0.638. The van der Waals surface area contributed by atoms with Gasteiger partial charge in [0.1, 0.15) is 17.6 Å². The molecule has 0 atom stereocenters. The number of aldehydes is 1. The molecule has 4 rings (SSSR count). The quantitative estimate of drug-likeness (QED) is 0.645.